The maximum absolute atomic E-state index is 12.5. The van der Waals surface area contributed by atoms with Gasteiger partial charge in [-0.2, -0.15) is 0 Å². The van der Waals surface area contributed by atoms with Crippen LogP contribution in [0.25, 0.3) is 0 Å². The Bertz CT molecular complexity index is 460. The smallest absolute Gasteiger partial charge is 0.254 e. The van der Waals surface area contributed by atoms with Gasteiger partial charge in [0.25, 0.3) is 5.91 Å². The fourth-order valence-corrected chi connectivity index (χ4v) is 2.53. The lowest BCUT2D eigenvalue weighted by Crippen LogP contribution is -2.35. The first kappa shape index (κ1) is 14.3. The monoisotopic (exact) mass is 327 g/mol. The van der Waals surface area contributed by atoms with E-state index in [-0.39, 0.29) is 5.91 Å². The van der Waals surface area contributed by atoms with Gasteiger partial charge in [0, 0.05) is 25.3 Å². The van der Waals surface area contributed by atoms with Crippen LogP contribution in [-0.2, 0) is 4.74 Å². The van der Waals surface area contributed by atoms with Crippen LogP contribution in [0.3, 0.4) is 0 Å². The topological polar surface area (TPSA) is 38.8 Å². The number of methoxy groups -OCH3 is 2. The van der Waals surface area contributed by atoms with Crippen molar-refractivity contribution in [3.05, 3.63) is 28.2 Å². The summed E-state index contributed by atoms with van der Waals surface area (Å²) in [6.07, 6.45) is 2.18. The maximum Gasteiger partial charge on any atom is 0.254 e. The van der Waals surface area contributed by atoms with Crippen LogP contribution in [0.4, 0.5) is 0 Å². The molecule has 0 heterocycles. The van der Waals surface area contributed by atoms with Gasteiger partial charge in [-0.05, 0) is 47.0 Å². The first-order valence-electron chi connectivity index (χ1n) is 6.30. The van der Waals surface area contributed by atoms with Gasteiger partial charge in [-0.15, -0.1) is 0 Å². The summed E-state index contributed by atoms with van der Waals surface area (Å²) in [5.74, 6) is 0.786. The molecule has 1 aromatic carbocycles. The third-order valence-electron chi connectivity index (χ3n) is 3.18. The van der Waals surface area contributed by atoms with Crippen molar-refractivity contribution in [2.45, 2.75) is 18.9 Å². The second-order valence-corrected chi connectivity index (χ2v) is 5.43. The average Bonchev–Trinajstić information content (AvgIpc) is 3.23. The molecule has 0 aliphatic heterocycles. The third-order valence-corrected chi connectivity index (χ3v) is 3.80. The highest BCUT2D eigenvalue weighted by atomic mass is 79.9. The Morgan fingerprint density at radius 3 is 2.68 bits per heavy atom. The van der Waals surface area contributed by atoms with E-state index in [0.29, 0.717) is 24.8 Å². The molecule has 1 fully saturated rings. The average molecular weight is 328 g/mol. The number of benzene rings is 1. The van der Waals surface area contributed by atoms with E-state index in [0.717, 1.165) is 23.1 Å². The van der Waals surface area contributed by atoms with Crippen LogP contribution in [0.15, 0.2) is 22.7 Å². The molecule has 1 aliphatic rings. The van der Waals surface area contributed by atoms with Crippen molar-refractivity contribution in [2.24, 2.45) is 0 Å². The second-order valence-electron chi connectivity index (χ2n) is 4.57. The third kappa shape index (κ3) is 3.48. The minimum absolute atomic E-state index is 0.0582. The molecule has 0 N–H and O–H groups in total. The fraction of sp³-hybridized carbons (Fsp3) is 0.500. The highest BCUT2D eigenvalue weighted by Crippen LogP contribution is 2.30. The van der Waals surface area contributed by atoms with Crippen LogP contribution < -0.4 is 4.74 Å². The molecule has 1 amide bonds. The van der Waals surface area contributed by atoms with Crippen molar-refractivity contribution in [3.63, 3.8) is 0 Å². The number of halogens is 1. The predicted molar refractivity (Wildman–Crippen MR) is 76.6 cm³/mol. The van der Waals surface area contributed by atoms with Gasteiger partial charge in [0.1, 0.15) is 5.75 Å². The van der Waals surface area contributed by atoms with Crippen LogP contribution in [0.5, 0.6) is 5.75 Å². The molecule has 1 aromatic rings. The zero-order valence-electron chi connectivity index (χ0n) is 11.2. The maximum atomic E-state index is 12.5. The van der Waals surface area contributed by atoms with E-state index < -0.39 is 0 Å². The van der Waals surface area contributed by atoms with Gasteiger partial charge in [-0.25, -0.2) is 0 Å². The number of ether oxygens (including phenoxy) is 2. The number of carbonyl (C=O) groups excluding carboxylic acids is 1. The minimum Gasteiger partial charge on any atom is -0.496 e. The van der Waals surface area contributed by atoms with Gasteiger partial charge in [-0.3, -0.25) is 4.79 Å². The Morgan fingerprint density at radius 2 is 2.16 bits per heavy atom. The van der Waals surface area contributed by atoms with E-state index in [9.17, 15) is 4.79 Å². The highest BCUT2D eigenvalue weighted by molar-refractivity contribution is 9.10. The summed E-state index contributed by atoms with van der Waals surface area (Å²) in [6.45, 7) is 1.21. The fourth-order valence-electron chi connectivity index (χ4n) is 1.99. The van der Waals surface area contributed by atoms with Gasteiger partial charge in [0.15, 0.2) is 0 Å². The largest absolute Gasteiger partial charge is 0.496 e. The molecule has 19 heavy (non-hydrogen) atoms. The van der Waals surface area contributed by atoms with E-state index in [4.69, 9.17) is 9.47 Å². The van der Waals surface area contributed by atoms with Gasteiger partial charge >= 0.3 is 0 Å². The van der Waals surface area contributed by atoms with Gasteiger partial charge in [0.2, 0.25) is 0 Å². The molecule has 0 atom stereocenters. The zero-order chi connectivity index (χ0) is 13.8. The summed E-state index contributed by atoms with van der Waals surface area (Å²) in [7, 11) is 3.26. The first-order chi connectivity index (χ1) is 9.17. The molecule has 4 nitrogen and oxygen atoms in total. The molecule has 1 aliphatic carbocycles. The molecule has 0 spiro atoms. The molecule has 0 saturated heterocycles. The number of rotatable bonds is 6. The van der Waals surface area contributed by atoms with Crippen molar-refractivity contribution in [1.29, 1.82) is 0 Å². The number of hydrogen-bond acceptors (Lipinski definition) is 3. The summed E-state index contributed by atoms with van der Waals surface area (Å²) < 4.78 is 11.0. The lowest BCUT2D eigenvalue weighted by Gasteiger charge is -2.22. The first-order valence-corrected chi connectivity index (χ1v) is 7.10. The van der Waals surface area contributed by atoms with E-state index in [2.05, 4.69) is 15.9 Å². The van der Waals surface area contributed by atoms with E-state index in [1.54, 1.807) is 26.4 Å². The highest BCUT2D eigenvalue weighted by Gasteiger charge is 2.32. The summed E-state index contributed by atoms with van der Waals surface area (Å²) in [6, 6.07) is 5.79. The predicted octanol–water partition coefficient (Wildman–Crippen LogP) is 2.71. The van der Waals surface area contributed by atoms with E-state index in [1.165, 1.54) is 0 Å². The molecule has 0 unspecified atom stereocenters. The molecule has 0 aromatic heterocycles. The normalized spacial score (nSPS) is 14.3. The van der Waals surface area contributed by atoms with Crippen LogP contribution >= 0.6 is 15.9 Å². The van der Waals surface area contributed by atoms with Crippen molar-refractivity contribution in [1.82, 2.24) is 4.90 Å². The Morgan fingerprint density at radius 1 is 1.42 bits per heavy atom. The number of nitrogens with zero attached hydrogens (tertiary/aromatic N) is 1. The van der Waals surface area contributed by atoms with Crippen LogP contribution in [0.1, 0.15) is 23.2 Å². The molecule has 104 valence electrons. The number of hydrogen-bond donors (Lipinski definition) is 0. The molecular formula is C14H18BrNO3. The Labute approximate surface area is 121 Å². The van der Waals surface area contributed by atoms with Crippen LogP contribution in [-0.4, -0.2) is 44.2 Å². The molecule has 0 radical (unpaired) electrons. The Hall–Kier alpha value is -1.07. The molecule has 5 heteroatoms. The van der Waals surface area contributed by atoms with Gasteiger partial charge < -0.3 is 14.4 Å². The second kappa shape index (κ2) is 6.39. The van der Waals surface area contributed by atoms with Crippen LogP contribution in [0.2, 0.25) is 0 Å². The molecular weight excluding hydrogens is 310 g/mol. The van der Waals surface area contributed by atoms with Gasteiger partial charge in [0.05, 0.1) is 18.2 Å². The SMILES string of the molecule is COCCN(C(=O)c1ccc(OC)c(Br)c1)C1CC1. The number of amides is 1. The van der Waals surface area contributed by atoms with Crippen molar-refractivity contribution in [3.8, 4) is 5.75 Å². The minimum atomic E-state index is 0.0582. The molecule has 1 saturated carbocycles. The lowest BCUT2D eigenvalue weighted by atomic mass is 10.2. The summed E-state index contributed by atoms with van der Waals surface area (Å²) in [5, 5.41) is 0. The summed E-state index contributed by atoms with van der Waals surface area (Å²) in [4.78, 5) is 14.4. The quantitative estimate of drug-likeness (QED) is 0.806. The van der Waals surface area contributed by atoms with Crippen molar-refractivity contribution < 1.29 is 14.3 Å². The van der Waals surface area contributed by atoms with E-state index >= 15 is 0 Å². The molecule has 2 rings (SSSR count). The Kier molecular flexibility index (Phi) is 4.82. The molecule has 0 bridgehead atoms. The zero-order valence-corrected chi connectivity index (χ0v) is 12.8. The van der Waals surface area contributed by atoms with Crippen LogP contribution in [0, 0.1) is 0 Å². The summed E-state index contributed by atoms with van der Waals surface area (Å²) >= 11 is 3.41. The van der Waals surface area contributed by atoms with Gasteiger partial charge in [-0.1, -0.05) is 0 Å². The summed E-state index contributed by atoms with van der Waals surface area (Å²) in [5.41, 5.74) is 0.677. The Balaban J connectivity index is 2.14. The van der Waals surface area contributed by atoms with Crippen molar-refractivity contribution in [2.75, 3.05) is 27.4 Å². The van der Waals surface area contributed by atoms with E-state index in [1.807, 2.05) is 11.0 Å². The standard InChI is InChI=1S/C14H18BrNO3/c1-18-8-7-16(11-4-5-11)14(17)10-3-6-13(19-2)12(15)9-10/h3,6,9,11H,4-5,7-8H2,1-2H3. The lowest BCUT2D eigenvalue weighted by molar-refractivity contribution is 0.0680. The number of carbonyl (C=O) groups is 1. The van der Waals surface area contributed by atoms with Crippen molar-refractivity contribution >= 4 is 21.8 Å².